The van der Waals surface area contributed by atoms with Crippen molar-refractivity contribution in [2.75, 3.05) is 0 Å². The second-order valence-corrected chi connectivity index (χ2v) is 6.82. The van der Waals surface area contributed by atoms with E-state index in [1.165, 1.54) is 0 Å². The van der Waals surface area contributed by atoms with Gasteiger partial charge in [0.15, 0.2) is 0 Å². The first-order chi connectivity index (χ1) is 9.97. The van der Waals surface area contributed by atoms with Gasteiger partial charge in [0.05, 0.1) is 13.0 Å². The van der Waals surface area contributed by atoms with Crippen molar-refractivity contribution >= 4 is 23.3 Å². The number of carbonyl (C=O) groups is 2. The molecule has 1 aliphatic rings. The number of rotatable bonds is 7. The summed E-state index contributed by atoms with van der Waals surface area (Å²) in [5.41, 5.74) is 0. The van der Waals surface area contributed by atoms with E-state index in [1.54, 1.807) is 16.2 Å². The van der Waals surface area contributed by atoms with Gasteiger partial charge in [-0.25, -0.2) is 4.79 Å². The van der Waals surface area contributed by atoms with Crippen LogP contribution in [0, 0.1) is 5.92 Å². The average Bonchev–Trinajstić information content (AvgIpc) is 3.11. The lowest BCUT2D eigenvalue weighted by atomic mass is 10.1. The number of aliphatic carboxylic acids is 1. The summed E-state index contributed by atoms with van der Waals surface area (Å²) in [6.45, 7) is 4.50. The van der Waals surface area contributed by atoms with Gasteiger partial charge in [-0.15, -0.1) is 11.3 Å². The molecule has 1 fully saturated rings. The quantitative estimate of drug-likeness (QED) is 0.813. The van der Waals surface area contributed by atoms with Gasteiger partial charge < -0.3 is 15.3 Å². The lowest BCUT2D eigenvalue weighted by molar-refractivity contribution is -0.137. The Balaban J connectivity index is 1.98. The van der Waals surface area contributed by atoms with Crippen LogP contribution in [0.15, 0.2) is 17.5 Å². The van der Waals surface area contributed by atoms with Crippen LogP contribution in [0.4, 0.5) is 4.79 Å². The molecule has 1 aromatic rings. The van der Waals surface area contributed by atoms with Crippen LogP contribution in [-0.2, 0) is 11.3 Å². The Bertz CT molecular complexity index is 483. The van der Waals surface area contributed by atoms with E-state index in [0.717, 1.165) is 17.7 Å². The number of hydrogen-bond donors (Lipinski definition) is 2. The van der Waals surface area contributed by atoms with E-state index >= 15 is 0 Å². The number of carbonyl (C=O) groups excluding carboxylic acids is 1. The van der Waals surface area contributed by atoms with Gasteiger partial charge in [-0.3, -0.25) is 4.79 Å². The minimum Gasteiger partial charge on any atom is -0.481 e. The van der Waals surface area contributed by atoms with Gasteiger partial charge in [-0.05, 0) is 44.1 Å². The number of thiophene rings is 1. The highest BCUT2D eigenvalue weighted by atomic mass is 32.1. The highest BCUT2D eigenvalue weighted by Gasteiger charge is 2.34. The molecule has 0 spiro atoms. The first-order valence-electron chi connectivity index (χ1n) is 7.28. The van der Waals surface area contributed by atoms with Crippen LogP contribution in [0.2, 0.25) is 0 Å². The third-order valence-electron chi connectivity index (χ3n) is 3.68. The predicted molar refractivity (Wildman–Crippen MR) is 82.3 cm³/mol. The number of nitrogens with one attached hydrogen (secondary N) is 1. The van der Waals surface area contributed by atoms with Gasteiger partial charge in [-0.2, -0.15) is 0 Å². The van der Waals surface area contributed by atoms with Crippen LogP contribution < -0.4 is 5.32 Å². The highest BCUT2D eigenvalue weighted by molar-refractivity contribution is 7.09. The third kappa shape index (κ3) is 4.74. The Kier molecular flexibility index (Phi) is 5.22. The van der Waals surface area contributed by atoms with E-state index in [1.807, 2.05) is 31.4 Å². The van der Waals surface area contributed by atoms with Gasteiger partial charge in [0.1, 0.15) is 0 Å². The number of amides is 2. The monoisotopic (exact) mass is 310 g/mol. The second kappa shape index (κ2) is 6.93. The molecule has 1 saturated carbocycles. The summed E-state index contributed by atoms with van der Waals surface area (Å²) in [7, 11) is 0. The molecule has 2 N–H and O–H groups in total. The molecule has 0 aliphatic heterocycles. The van der Waals surface area contributed by atoms with Crippen LogP contribution in [0.3, 0.4) is 0 Å². The van der Waals surface area contributed by atoms with Crippen molar-refractivity contribution in [2.45, 2.75) is 51.7 Å². The highest BCUT2D eigenvalue weighted by Crippen LogP contribution is 2.34. The number of urea groups is 1. The van der Waals surface area contributed by atoms with Gasteiger partial charge in [0.2, 0.25) is 0 Å². The number of hydrogen-bond acceptors (Lipinski definition) is 3. The minimum atomic E-state index is -0.860. The Labute approximate surface area is 129 Å². The Morgan fingerprint density at radius 3 is 2.67 bits per heavy atom. The Morgan fingerprint density at radius 1 is 1.48 bits per heavy atom. The third-order valence-corrected chi connectivity index (χ3v) is 4.55. The SMILES string of the molecule is CC(C)N(Cc1cccs1)C(=O)NC(CC(=O)O)C1CC1. The van der Waals surface area contributed by atoms with Crippen molar-refractivity contribution in [1.29, 1.82) is 0 Å². The summed E-state index contributed by atoms with van der Waals surface area (Å²) < 4.78 is 0. The van der Waals surface area contributed by atoms with E-state index in [2.05, 4.69) is 5.32 Å². The lowest BCUT2D eigenvalue weighted by Gasteiger charge is -2.29. The van der Waals surface area contributed by atoms with Crippen LogP contribution >= 0.6 is 11.3 Å². The van der Waals surface area contributed by atoms with E-state index in [0.29, 0.717) is 12.5 Å². The molecule has 0 radical (unpaired) electrons. The predicted octanol–water partition coefficient (Wildman–Crippen LogP) is 2.92. The van der Waals surface area contributed by atoms with E-state index < -0.39 is 5.97 Å². The summed E-state index contributed by atoms with van der Waals surface area (Å²) >= 11 is 1.62. The van der Waals surface area contributed by atoms with Crippen LogP contribution in [0.5, 0.6) is 0 Å². The first-order valence-corrected chi connectivity index (χ1v) is 8.16. The molecule has 21 heavy (non-hydrogen) atoms. The Morgan fingerprint density at radius 2 is 2.19 bits per heavy atom. The van der Waals surface area contributed by atoms with Crippen molar-refractivity contribution in [1.82, 2.24) is 10.2 Å². The molecular weight excluding hydrogens is 288 g/mol. The molecule has 5 nitrogen and oxygen atoms in total. The zero-order valence-corrected chi connectivity index (χ0v) is 13.2. The fourth-order valence-electron chi connectivity index (χ4n) is 2.32. The molecule has 1 aromatic heterocycles. The zero-order chi connectivity index (χ0) is 15.4. The van der Waals surface area contributed by atoms with Crippen molar-refractivity contribution in [3.05, 3.63) is 22.4 Å². The van der Waals surface area contributed by atoms with Crippen LogP contribution in [0.1, 0.15) is 38.0 Å². The maximum absolute atomic E-state index is 12.5. The molecule has 6 heteroatoms. The number of carboxylic acids is 1. The molecule has 1 atom stereocenters. The molecule has 1 unspecified atom stereocenters. The molecule has 0 bridgehead atoms. The van der Waals surface area contributed by atoms with Crippen molar-refractivity contribution in [3.63, 3.8) is 0 Å². The molecule has 2 rings (SSSR count). The van der Waals surface area contributed by atoms with Crippen molar-refractivity contribution in [3.8, 4) is 0 Å². The average molecular weight is 310 g/mol. The molecule has 0 aromatic carbocycles. The van der Waals surface area contributed by atoms with Gasteiger partial charge in [0.25, 0.3) is 0 Å². The fourth-order valence-corrected chi connectivity index (χ4v) is 3.03. The zero-order valence-electron chi connectivity index (χ0n) is 12.4. The Hall–Kier alpha value is -1.56. The first kappa shape index (κ1) is 15.8. The van der Waals surface area contributed by atoms with E-state index in [9.17, 15) is 9.59 Å². The van der Waals surface area contributed by atoms with Gasteiger partial charge in [-0.1, -0.05) is 6.07 Å². The van der Waals surface area contributed by atoms with Crippen molar-refractivity contribution < 1.29 is 14.7 Å². The number of carboxylic acid groups (broad SMARTS) is 1. The summed E-state index contributed by atoms with van der Waals surface area (Å²) in [6.07, 6.45) is 2.01. The lowest BCUT2D eigenvalue weighted by Crippen LogP contribution is -2.48. The van der Waals surface area contributed by atoms with Gasteiger partial charge in [0, 0.05) is 17.0 Å². The summed E-state index contributed by atoms with van der Waals surface area (Å²) in [5, 5.41) is 13.9. The number of nitrogens with zero attached hydrogens (tertiary/aromatic N) is 1. The standard InChI is InChI=1S/C15H22N2O3S/c1-10(2)17(9-12-4-3-7-21-12)15(20)16-13(8-14(18)19)11-5-6-11/h3-4,7,10-11,13H,5-6,8-9H2,1-2H3,(H,16,20)(H,18,19). The minimum absolute atomic E-state index is 0.00133. The smallest absolute Gasteiger partial charge is 0.318 e. The van der Waals surface area contributed by atoms with Crippen molar-refractivity contribution in [2.24, 2.45) is 5.92 Å². The van der Waals surface area contributed by atoms with Crippen LogP contribution in [0.25, 0.3) is 0 Å². The fraction of sp³-hybridized carbons (Fsp3) is 0.600. The second-order valence-electron chi connectivity index (χ2n) is 5.79. The molecule has 0 saturated heterocycles. The molecule has 1 heterocycles. The van der Waals surface area contributed by atoms with E-state index in [-0.39, 0.29) is 24.5 Å². The normalized spacial score (nSPS) is 15.8. The topological polar surface area (TPSA) is 69.6 Å². The van der Waals surface area contributed by atoms with Crippen LogP contribution in [-0.4, -0.2) is 34.1 Å². The summed E-state index contributed by atoms with van der Waals surface area (Å²) in [5.74, 6) is -0.539. The molecular formula is C15H22N2O3S. The summed E-state index contributed by atoms with van der Waals surface area (Å²) in [6, 6.07) is 3.62. The van der Waals surface area contributed by atoms with E-state index in [4.69, 9.17) is 5.11 Å². The van der Waals surface area contributed by atoms with Gasteiger partial charge >= 0.3 is 12.0 Å². The molecule has 2 amide bonds. The molecule has 116 valence electrons. The molecule has 1 aliphatic carbocycles. The maximum atomic E-state index is 12.5. The summed E-state index contributed by atoms with van der Waals surface area (Å²) in [4.78, 5) is 26.3. The largest absolute Gasteiger partial charge is 0.481 e. The maximum Gasteiger partial charge on any atom is 0.318 e.